The Kier molecular flexibility index (Phi) is 5.13. The number of carbonyl (C=O) groups excluding carboxylic acids is 1. The summed E-state index contributed by atoms with van der Waals surface area (Å²) in [4.78, 5) is 16.8. The quantitative estimate of drug-likeness (QED) is 0.696. The number of hydrogen-bond donors (Lipinski definition) is 1. The van der Waals surface area contributed by atoms with Gasteiger partial charge in [-0.05, 0) is 30.0 Å². The van der Waals surface area contributed by atoms with E-state index in [0.29, 0.717) is 10.4 Å². The van der Waals surface area contributed by atoms with Crippen LogP contribution in [0.3, 0.4) is 0 Å². The van der Waals surface area contributed by atoms with Gasteiger partial charge in [0.05, 0.1) is 10.9 Å². The summed E-state index contributed by atoms with van der Waals surface area (Å²) in [7, 11) is 0. The van der Waals surface area contributed by atoms with Crippen molar-refractivity contribution in [1.82, 2.24) is 10.3 Å². The molecule has 136 valence electrons. The van der Waals surface area contributed by atoms with Gasteiger partial charge in [-0.15, -0.1) is 11.3 Å². The first-order chi connectivity index (χ1) is 12.3. The number of carbonyl (C=O) groups is 1. The van der Waals surface area contributed by atoms with Gasteiger partial charge in [0.1, 0.15) is 0 Å². The van der Waals surface area contributed by atoms with Crippen molar-refractivity contribution in [2.45, 2.75) is 19.1 Å². The first-order valence-corrected chi connectivity index (χ1v) is 8.58. The second kappa shape index (κ2) is 7.33. The van der Waals surface area contributed by atoms with Crippen molar-refractivity contribution in [1.29, 1.82) is 0 Å². The minimum absolute atomic E-state index is 0.117. The number of fused-ring (bicyclic) bond motifs is 1. The van der Waals surface area contributed by atoms with Gasteiger partial charge in [0, 0.05) is 17.0 Å². The normalized spacial score (nSPS) is 12.8. The fourth-order valence-corrected chi connectivity index (χ4v) is 3.30. The number of rotatable bonds is 5. The van der Waals surface area contributed by atoms with Gasteiger partial charge < -0.3 is 10.1 Å². The molecule has 8 heteroatoms. The number of benzene rings is 1. The zero-order chi connectivity index (χ0) is 18.7. The lowest BCUT2D eigenvalue weighted by molar-refractivity contribution is -0.154. The van der Waals surface area contributed by atoms with Gasteiger partial charge in [-0.3, -0.25) is 4.79 Å². The number of amides is 1. The topological polar surface area (TPSA) is 51.2 Å². The van der Waals surface area contributed by atoms with Crippen molar-refractivity contribution in [2.24, 2.45) is 0 Å². The van der Waals surface area contributed by atoms with Crippen LogP contribution in [-0.4, -0.2) is 23.7 Å². The third-order valence-corrected chi connectivity index (χ3v) is 4.75. The molecule has 0 aliphatic heterocycles. The largest absolute Gasteiger partial charge is 0.468 e. The summed E-state index contributed by atoms with van der Waals surface area (Å²) >= 11 is 1.40. The molecule has 0 aliphatic rings. The number of pyridine rings is 1. The average Bonchev–Trinajstić information content (AvgIpc) is 3.04. The summed E-state index contributed by atoms with van der Waals surface area (Å²) < 4.78 is 42.0. The Labute approximate surface area is 151 Å². The van der Waals surface area contributed by atoms with Crippen molar-refractivity contribution in [3.05, 3.63) is 59.1 Å². The molecule has 0 saturated heterocycles. The standard InChI is InChI=1S/C18H15F3N2O2S/c1-11(13-6-7-16(22-9-13)25-10-18(19,20)21)23-17(24)15-8-12-4-2-3-5-14(12)26-15/h2-9,11H,10H2,1H3,(H,23,24)/t11-/m1/s1. The molecule has 1 atom stereocenters. The van der Waals surface area contributed by atoms with Crippen LogP contribution in [0.25, 0.3) is 10.1 Å². The van der Waals surface area contributed by atoms with E-state index in [4.69, 9.17) is 0 Å². The summed E-state index contributed by atoms with van der Waals surface area (Å²) in [5, 5.41) is 3.86. The van der Waals surface area contributed by atoms with Crippen LogP contribution in [-0.2, 0) is 0 Å². The monoisotopic (exact) mass is 380 g/mol. The highest BCUT2D eigenvalue weighted by molar-refractivity contribution is 7.20. The molecule has 2 heterocycles. The Balaban J connectivity index is 1.63. The summed E-state index contributed by atoms with van der Waals surface area (Å²) in [5.74, 6) is -0.329. The Bertz CT molecular complexity index is 874. The van der Waals surface area contributed by atoms with Gasteiger partial charge in [0.15, 0.2) is 6.61 Å². The molecule has 1 N–H and O–H groups in total. The van der Waals surface area contributed by atoms with Gasteiger partial charge in [-0.1, -0.05) is 24.3 Å². The van der Waals surface area contributed by atoms with Crippen LogP contribution in [0.2, 0.25) is 0 Å². The molecule has 0 unspecified atom stereocenters. The maximum Gasteiger partial charge on any atom is 0.422 e. The van der Waals surface area contributed by atoms with Crippen LogP contribution in [0.4, 0.5) is 13.2 Å². The number of nitrogens with zero attached hydrogens (tertiary/aromatic N) is 1. The maximum absolute atomic E-state index is 12.4. The third kappa shape index (κ3) is 4.51. The van der Waals surface area contributed by atoms with Crippen LogP contribution in [0, 0.1) is 0 Å². The molecule has 1 aromatic carbocycles. The SMILES string of the molecule is C[C@@H](NC(=O)c1cc2ccccc2s1)c1ccc(OCC(F)(F)F)nc1. The Morgan fingerprint density at radius 2 is 2.04 bits per heavy atom. The van der Waals surface area contributed by atoms with Crippen LogP contribution in [0.15, 0.2) is 48.7 Å². The minimum atomic E-state index is -4.41. The summed E-state index contributed by atoms with van der Waals surface area (Å²) in [6.45, 7) is 0.385. The van der Waals surface area contributed by atoms with Gasteiger partial charge in [-0.25, -0.2) is 4.98 Å². The van der Waals surface area contributed by atoms with E-state index in [-0.39, 0.29) is 17.8 Å². The van der Waals surface area contributed by atoms with E-state index in [2.05, 4.69) is 15.0 Å². The third-order valence-electron chi connectivity index (χ3n) is 3.64. The predicted molar refractivity (Wildman–Crippen MR) is 93.5 cm³/mol. The molecule has 0 aliphatic carbocycles. The highest BCUT2D eigenvalue weighted by atomic mass is 32.1. The van der Waals surface area contributed by atoms with Crippen LogP contribution >= 0.6 is 11.3 Å². The van der Waals surface area contributed by atoms with E-state index < -0.39 is 12.8 Å². The second-order valence-electron chi connectivity index (χ2n) is 5.68. The first-order valence-electron chi connectivity index (χ1n) is 7.77. The fraction of sp³-hybridized carbons (Fsp3) is 0.222. The molecule has 0 spiro atoms. The molecule has 3 rings (SSSR count). The molecular formula is C18H15F3N2O2S. The van der Waals surface area contributed by atoms with E-state index in [1.807, 2.05) is 30.3 Å². The maximum atomic E-state index is 12.4. The lowest BCUT2D eigenvalue weighted by atomic mass is 10.1. The lowest BCUT2D eigenvalue weighted by Crippen LogP contribution is -2.26. The summed E-state index contributed by atoms with van der Waals surface area (Å²) in [6, 6.07) is 12.1. The number of nitrogens with one attached hydrogen (secondary N) is 1. The highest BCUT2D eigenvalue weighted by Crippen LogP contribution is 2.26. The van der Waals surface area contributed by atoms with Gasteiger partial charge in [0.25, 0.3) is 5.91 Å². The molecule has 4 nitrogen and oxygen atoms in total. The van der Waals surface area contributed by atoms with E-state index in [0.717, 1.165) is 10.1 Å². The molecule has 26 heavy (non-hydrogen) atoms. The summed E-state index contributed by atoms with van der Waals surface area (Å²) in [5.41, 5.74) is 0.666. The van der Waals surface area contributed by atoms with E-state index >= 15 is 0 Å². The number of ether oxygens (including phenoxy) is 1. The first kappa shape index (κ1) is 18.2. The van der Waals surface area contributed by atoms with Crippen LogP contribution in [0.5, 0.6) is 5.88 Å². The van der Waals surface area contributed by atoms with Crippen molar-refractivity contribution in [3.63, 3.8) is 0 Å². The van der Waals surface area contributed by atoms with Gasteiger partial charge in [-0.2, -0.15) is 13.2 Å². The Morgan fingerprint density at radius 1 is 1.27 bits per heavy atom. The molecule has 0 saturated carbocycles. The number of thiophene rings is 1. The number of hydrogen-bond acceptors (Lipinski definition) is 4. The molecule has 3 aromatic rings. The van der Waals surface area contributed by atoms with Gasteiger partial charge in [0.2, 0.25) is 5.88 Å². The number of aromatic nitrogens is 1. The smallest absolute Gasteiger partial charge is 0.422 e. The Hall–Kier alpha value is -2.61. The average molecular weight is 380 g/mol. The summed E-state index contributed by atoms with van der Waals surface area (Å²) in [6.07, 6.45) is -3.02. The number of alkyl halides is 3. The van der Waals surface area contributed by atoms with Crippen molar-refractivity contribution >= 4 is 27.3 Å². The van der Waals surface area contributed by atoms with Crippen molar-refractivity contribution in [3.8, 4) is 5.88 Å². The minimum Gasteiger partial charge on any atom is -0.468 e. The number of halogens is 3. The predicted octanol–water partition coefficient (Wildman–Crippen LogP) is 4.73. The zero-order valence-electron chi connectivity index (χ0n) is 13.7. The Morgan fingerprint density at radius 3 is 2.69 bits per heavy atom. The molecule has 0 bridgehead atoms. The van der Waals surface area contributed by atoms with Crippen LogP contribution < -0.4 is 10.1 Å². The molecule has 1 amide bonds. The van der Waals surface area contributed by atoms with E-state index in [1.54, 1.807) is 13.0 Å². The molecule has 0 radical (unpaired) electrons. The van der Waals surface area contributed by atoms with Crippen LogP contribution in [0.1, 0.15) is 28.2 Å². The molecular weight excluding hydrogens is 365 g/mol. The van der Waals surface area contributed by atoms with E-state index in [1.165, 1.54) is 23.6 Å². The van der Waals surface area contributed by atoms with Gasteiger partial charge >= 0.3 is 6.18 Å². The lowest BCUT2D eigenvalue weighted by Gasteiger charge is -2.14. The molecule has 0 fully saturated rings. The zero-order valence-corrected chi connectivity index (χ0v) is 14.5. The second-order valence-corrected chi connectivity index (χ2v) is 6.76. The fourth-order valence-electron chi connectivity index (χ4n) is 2.33. The van der Waals surface area contributed by atoms with E-state index in [9.17, 15) is 18.0 Å². The van der Waals surface area contributed by atoms with Crippen molar-refractivity contribution in [2.75, 3.05) is 6.61 Å². The highest BCUT2D eigenvalue weighted by Gasteiger charge is 2.28. The molecule has 2 aromatic heterocycles. The van der Waals surface area contributed by atoms with Crippen molar-refractivity contribution < 1.29 is 22.7 Å².